The Morgan fingerprint density at radius 1 is 1.19 bits per heavy atom. The van der Waals surface area contributed by atoms with Crippen LogP contribution in [-0.2, 0) is 19.3 Å². The van der Waals surface area contributed by atoms with Crippen molar-refractivity contribution in [1.82, 2.24) is 20.5 Å². The molecule has 1 unspecified atom stereocenters. The lowest BCUT2D eigenvalue weighted by atomic mass is 10.1. The summed E-state index contributed by atoms with van der Waals surface area (Å²) in [7, 11) is 3.91. The minimum absolute atomic E-state index is 0.225. The molecule has 9 heteroatoms. The van der Waals surface area contributed by atoms with Crippen LogP contribution in [0, 0.1) is 0 Å². The number of rotatable bonds is 7. The van der Waals surface area contributed by atoms with Gasteiger partial charge in [0.15, 0.2) is 5.96 Å². The van der Waals surface area contributed by atoms with E-state index in [1.807, 2.05) is 44.1 Å². The Morgan fingerprint density at radius 3 is 2.59 bits per heavy atom. The molecule has 0 aliphatic carbocycles. The van der Waals surface area contributed by atoms with Crippen molar-refractivity contribution < 1.29 is 13.2 Å². The van der Waals surface area contributed by atoms with Gasteiger partial charge in [0, 0.05) is 46.3 Å². The summed E-state index contributed by atoms with van der Waals surface area (Å²) in [6.45, 7) is 5.56. The summed E-state index contributed by atoms with van der Waals surface area (Å²) in [5.41, 5.74) is 1.16. The van der Waals surface area contributed by atoms with Gasteiger partial charge in [0.05, 0.1) is 17.8 Å². The normalized spacial score (nSPS) is 17.4. The number of halogens is 3. The zero-order chi connectivity index (χ0) is 23.1. The smallest absolute Gasteiger partial charge is 0.363 e. The third kappa shape index (κ3) is 6.85. The predicted octanol–water partition coefficient (Wildman–Crippen LogP) is 3.50. The van der Waals surface area contributed by atoms with Gasteiger partial charge in [-0.1, -0.05) is 18.2 Å². The van der Waals surface area contributed by atoms with Crippen LogP contribution >= 0.6 is 0 Å². The fourth-order valence-electron chi connectivity index (χ4n) is 3.63. The molecule has 174 valence electrons. The molecule has 1 aromatic heterocycles. The Kier molecular flexibility index (Phi) is 7.95. The quantitative estimate of drug-likeness (QED) is 0.502. The molecule has 1 aliphatic heterocycles. The highest BCUT2D eigenvalue weighted by Crippen LogP contribution is 2.29. The van der Waals surface area contributed by atoms with Crippen molar-refractivity contribution in [3.63, 3.8) is 0 Å². The number of nitrogens with zero attached hydrogens (tertiary/aromatic N) is 4. The summed E-state index contributed by atoms with van der Waals surface area (Å²) in [5.74, 6) is 1.64. The molecule has 0 radical (unpaired) electrons. The van der Waals surface area contributed by atoms with E-state index in [1.54, 1.807) is 12.1 Å². The number of benzene rings is 1. The molecule has 2 heterocycles. The maximum absolute atomic E-state index is 12.7. The first-order valence-electron chi connectivity index (χ1n) is 10.8. The number of guanidine groups is 1. The molecule has 1 atom stereocenters. The number of anilines is 1. The second-order valence-corrected chi connectivity index (χ2v) is 8.14. The number of alkyl halides is 3. The average molecular weight is 449 g/mol. The number of hydrogen-bond acceptors (Lipinski definition) is 4. The minimum Gasteiger partial charge on any atom is -0.363 e. The van der Waals surface area contributed by atoms with Gasteiger partial charge in [0.1, 0.15) is 5.82 Å². The number of nitrogens with one attached hydrogen (secondary N) is 2. The van der Waals surface area contributed by atoms with Crippen LogP contribution in [0.4, 0.5) is 19.0 Å². The number of hydrogen-bond donors (Lipinski definition) is 2. The van der Waals surface area contributed by atoms with Gasteiger partial charge in [-0.2, -0.15) is 13.2 Å². The van der Waals surface area contributed by atoms with Crippen molar-refractivity contribution in [2.75, 3.05) is 38.6 Å². The second-order valence-electron chi connectivity index (χ2n) is 8.14. The van der Waals surface area contributed by atoms with E-state index in [9.17, 15) is 13.2 Å². The van der Waals surface area contributed by atoms with Crippen LogP contribution in [0.3, 0.4) is 0 Å². The van der Waals surface area contributed by atoms with Crippen LogP contribution in [0.5, 0.6) is 0 Å². The van der Waals surface area contributed by atoms with Crippen LogP contribution in [-0.4, -0.2) is 55.6 Å². The largest absolute Gasteiger partial charge is 0.416 e. The molecule has 0 bridgehead atoms. The first-order chi connectivity index (χ1) is 15.2. The first-order valence-corrected chi connectivity index (χ1v) is 10.8. The van der Waals surface area contributed by atoms with Gasteiger partial charge in [0.25, 0.3) is 0 Å². The van der Waals surface area contributed by atoms with E-state index in [-0.39, 0.29) is 6.04 Å². The van der Waals surface area contributed by atoms with Crippen LogP contribution < -0.4 is 15.5 Å². The maximum atomic E-state index is 12.7. The molecule has 6 nitrogen and oxygen atoms in total. The number of pyridine rings is 1. The highest BCUT2D eigenvalue weighted by Gasteiger charge is 2.30. The Morgan fingerprint density at radius 2 is 1.94 bits per heavy atom. The Labute approximate surface area is 187 Å². The van der Waals surface area contributed by atoms with Crippen molar-refractivity contribution in [2.24, 2.45) is 4.99 Å². The van der Waals surface area contributed by atoms with Crippen molar-refractivity contribution in [2.45, 2.75) is 38.7 Å². The first kappa shape index (κ1) is 23.8. The average Bonchev–Trinajstić information content (AvgIpc) is 3.19. The molecule has 0 amide bonds. The highest BCUT2D eigenvalue weighted by atomic mass is 19.4. The third-order valence-electron chi connectivity index (χ3n) is 5.29. The van der Waals surface area contributed by atoms with Gasteiger partial charge in [-0.3, -0.25) is 4.90 Å². The maximum Gasteiger partial charge on any atom is 0.416 e. The molecule has 1 aromatic carbocycles. The fourth-order valence-corrected chi connectivity index (χ4v) is 3.63. The van der Waals surface area contributed by atoms with E-state index in [2.05, 4.69) is 25.5 Å². The van der Waals surface area contributed by atoms with Gasteiger partial charge in [-0.15, -0.1) is 0 Å². The second kappa shape index (κ2) is 10.7. The van der Waals surface area contributed by atoms with E-state index in [4.69, 9.17) is 0 Å². The lowest BCUT2D eigenvalue weighted by Gasteiger charge is -2.19. The Bertz CT molecular complexity index is 895. The zero-order valence-corrected chi connectivity index (χ0v) is 18.8. The van der Waals surface area contributed by atoms with E-state index >= 15 is 0 Å². The van der Waals surface area contributed by atoms with E-state index in [0.29, 0.717) is 13.1 Å². The third-order valence-corrected chi connectivity index (χ3v) is 5.29. The highest BCUT2D eigenvalue weighted by molar-refractivity contribution is 5.80. The lowest BCUT2D eigenvalue weighted by Crippen LogP contribution is -2.44. The molecule has 2 N–H and O–H groups in total. The van der Waals surface area contributed by atoms with E-state index in [0.717, 1.165) is 61.2 Å². The molecule has 1 aliphatic rings. The summed E-state index contributed by atoms with van der Waals surface area (Å²) in [6, 6.07) is 11.5. The standard InChI is InChI=1S/C23H31F3N6/c1-4-27-22(28-14-19-6-5-7-21(29-19)31(2)3)30-20-12-13-32(16-20)15-17-8-10-18(11-9-17)23(24,25)26/h5-11,20H,4,12-16H2,1-3H3,(H2,27,28,30). The van der Waals surface area contributed by atoms with Crippen LogP contribution in [0.25, 0.3) is 0 Å². The molecular formula is C23H31F3N6. The number of aromatic nitrogens is 1. The van der Waals surface area contributed by atoms with E-state index < -0.39 is 11.7 Å². The SMILES string of the molecule is CCNC(=NCc1cccc(N(C)C)n1)NC1CCN(Cc2ccc(C(F)(F)F)cc2)C1. The molecule has 2 aromatic rings. The Balaban J connectivity index is 1.55. The van der Waals surface area contributed by atoms with Gasteiger partial charge >= 0.3 is 6.18 Å². The summed E-state index contributed by atoms with van der Waals surface area (Å²) in [4.78, 5) is 13.5. The van der Waals surface area contributed by atoms with Crippen LogP contribution in [0.2, 0.25) is 0 Å². The van der Waals surface area contributed by atoms with Crippen molar-refractivity contribution in [3.05, 3.63) is 59.3 Å². The minimum atomic E-state index is -4.30. The van der Waals surface area contributed by atoms with Gasteiger partial charge < -0.3 is 15.5 Å². The van der Waals surface area contributed by atoms with Crippen LogP contribution in [0.15, 0.2) is 47.5 Å². The monoisotopic (exact) mass is 448 g/mol. The van der Waals surface area contributed by atoms with Gasteiger partial charge in [-0.25, -0.2) is 9.98 Å². The van der Waals surface area contributed by atoms with Crippen molar-refractivity contribution in [3.8, 4) is 0 Å². The molecule has 3 rings (SSSR count). The predicted molar refractivity (Wildman–Crippen MR) is 122 cm³/mol. The summed E-state index contributed by atoms with van der Waals surface area (Å²) in [5, 5.41) is 6.76. The summed E-state index contributed by atoms with van der Waals surface area (Å²) < 4.78 is 38.2. The summed E-state index contributed by atoms with van der Waals surface area (Å²) >= 11 is 0. The van der Waals surface area contributed by atoms with Crippen molar-refractivity contribution in [1.29, 1.82) is 0 Å². The van der Waals surface area contributed by atoms with E-state index in [1.165, 1.54) is 0 Å². The lowest BCUT2D eigenvalue weighted by molar-refractivity contribution is -0.137. The zero-order valence-electron chi connectivity index (χ0n) is 18.8. The molecule has 0 spiro atoms. The fraction of sp³-hybridized carbons (Fsp3) is 0.478. The number of aliphatic imine (C=N–C) groups is 1. The topological polar surface area (TPSA) is 55.8 Å². The summed E-state index contributed by atoms with van der Waals surface area (Å²) in [6.07, 6.45) is -3.36. The van der Waals surface area contributed by atoms with Gasteiger partial charge in [-0.05, 0) is 43.2 Å². The molecule has 0 saturated carbocycles. The molecule has 1 saturated heterocycles. The van der Waals surface area contributed by atoms with Crippen LogP contribution in [0.1, 0.15) is 30.2 Å². The molecular weight excluding hydrogens is 417 g/mol. The Hall–Kier alpha value is -2.81. The van der Waals surface area contributed by atoms with Crippen molar-refractivity contribution >= 4 is 11.8 Å². The molecule has 1 fully saturated rings. The molecule has 32 heavy (non-hydrogen) atoms. The number of likely N-dealkylation sites (tertiary alicyclic amines) is 1. The van der Waals surface area contributed by atoms with Gasteiger partial charge in [0.2, 0.25) is 0 Å².